The summed E-state index contributed by atoms with van der Waals surface area (Å²) in [5, 5.41) is 9.66. The lowest BCUT2D eigenvalue weighted by atomic mass is 9.88. The minimum atomic E-state index is 0.606. The van der Waals surface area contributed by atoms with Crippen molar-refractivity contribution in [2.75, 3.05) is 0 Å². The van der Waals surface area contributed by atoms with E-state index in [1.807, 2.05) is 6.07 Å². The van der Waals surface area contributed by atoms with Gasteiger partial charge in [0.25, 0.3) is 0 Å². The molecule has 0 unspecified atom stereocenters. The van der Waals surface area contributed by atoms with Gasteiger partial charge < -0.3 is 4.57 Å². The summed E-state index contributed by atoms with van der Waals surface area (Å²) in [4.78, 5) is 16.2. The van der Waals surface area contributed by atoms with Crippen molar-refractivity contribution in [2.45, 2.75) is 0 Å². The van der Waals surface area contributed by atoms with Crippen LogP contribution in [0.2, 0.25) is 0 Å². The first-order valence-electron chi connectivity index (χ1n) is 20.7. The Labute approximate surface area is 352 Å². The van der Waals surface area contributed by atoms with Crippen LogP contribution >= 0.6 is 0 Å². The van der Waals surface area contributed by atoms with E-state index in [4.69, 9.17) is 15.0 Å². The first kappa shape index (κ1) is 34.8. The Balaban J connectivity index is 1.12. The summed E-state index contributed by atoms with van der Waals surface area (Å²) in [6.07, 6.45) is 0. The highest BCUT2D eigenvalue weighted by molar-refractivity contribution is 6.21. The summed E-state index contributed by atoms with van der Waals surface area (Å²) < 4.78 is 2.34. The van der Waals surface area contributed by atoms with Gasteiger partial charge in [-0.05, 0) is 84.9 Å². The van der Waals surface area contributed by atoms with E-state index in [0.29, 0.717) is 17.5 Å². The number of fused-ring (bicyclic) bond motifs is 7. The Morgan fingerprint density at radius 2 is 0.803 bits per heavy atom. The Morgan fingerprint density at radius 3 is 1.52 bits per heavy atom. The molecule has 0 saturated carbocycles. The van der Waals surface area contributed by atoms with Gasteiger partial charge in [0, 0.05) is 33.2 Å². The lowest BCUT2D eigenvalue weighted by Crippen LogP contribution is -2.03. The highest BCUT2D eigenvalue weighted by atomic mass is 15.0. The molecule has 0 saturated heterocycles. The monoisotopic (exact) mass is 776 g/mol. The molecular formula is C57H36N4. The van der Waals surface area contributed by atoms with Crippen LogP contribution in [0.1, 0.15) is 0 Å². The molecule has 0 aliphatic heterocycles. The Hall–Kier alpha value is -8.21. The normalized spacial score (nSPS) is 11.6. The molecule has 0 spiro atoms. The minimum absolute atomic E-state index is 0.606. The van der Waals surface area contributed by atoms with Gasteiger partial charge in [0.05, 0.1) is 11.0 Å². The number of hydrogen-bond donors (Lipinski definition) is 0. The predicted molar refractivity (Wildman–Crippen MR) is 254 cm³/mol. The lowest BCUT2D eigenvalue weighted by molar-refractivity contribution is 1.07. The van der Waals surface area contributed by atoms with Crippen molar-refractivity contribution in [2.24, 2.45) is 0 Å². The molecule has 61 heavy (non-hydrogen) atoms. The molecule has 0 aliphatic carbocycles. The number of rotatable bonds is 6. The largest absolute Gasteiger partial charge is 0.309 e. The molecule has 4 heteroatoms. The second-order valence-electron chi connectivity index (χ2n) is 15.5. The molecule has 0 amide bonds. The van der Waals surface area contributed by atoms with E-state index in [9.17, 15) is 0 Å². The van der Waals surface area contributed by atoms with Crippen LogP contribution in [0.3, 0.4) is 0 Å². The molecule has 0 fully saturated rings. The molecule has 0 aliphatic rings. The lowest BCUT2D eigenvalue weighted by Gasteiger charge is -2.17. The highest BCUT2D eigenvalue weighted by Gasteiger charge is 2.21. The van der Waals surface area contributed by atoms with E-state index in [0.717, 1.165) is 55.7 Å². The van der Waals surface area contributed by atoms with Crippen LogP contribution < -0.4 is 0 Å². The first-order chi connectivity index (χ1) is 30.3. The van der Waals surface area contributed by atoms with Crippen molar-refractivity contribution in [1.82, 2.24) is 19.5 Å². The van der Waals surface area contributed by atoms with Gasteiger partial charge in [-0.25, -0.2) is 15.0 Å². The van der Waals surface area contributed by atoms with Crippen LogP contribution in [0, 0.1) is 0 Å². The Bertz CT molecular complexity index is 3610. The second-order valence-corrected chi connectivity index (χ2v) is 15.5. The molecule has 4 nitrogen and oxygen atoms in total. The van der Waals surface area contributed by atoms with Crippen molar-refractivity contribution in [3.05, 3.63) is 218 Å². The summed E-state index contributed by atoms with van der Waals surface area (Å²) in [6.45, 7) is 0. The zero-order chi connectivity index (χ0) is 40.3. The topological polar surface area (TPSA) is 43.6 Å². The smallest absolute Gasteiger partial charge is 0.164 e. The van der Waals surface area contributed by atoms with Crippen LogP contribution in [0.4, 0.5) is 0 Å². The zero-order valence-corrected chi connectivity index (χ0v) is 33.1. The van der Waals surface area contributed by atoms with E-state index < -0.39 is 0 Å². The summed E-state index contributed by atoms with van der Waals surface area (Å²) in [5.74, 6) is 1.84. The van der Waals surface area contributed by atoms with Crippen molar-refractivity contribution in [3.8, 4) is 62.1 Å². The summed E-state index contributed by atoms with van der Waals surface area (Å²) in [5.41, 5.74) is 10.5. The minimum Gasteiger partial charge on any atom is -0.309 e. The molecule has 0 radical (unpaired) electrons. The maximum atomic E-state index is 5.41. The van der Waals surface area contributed by atoms with E-state index in [2.05, 4.69) is 217 Å². The van der Waals surface area contributed by atoms with Gasteiger partial charge in [-0.1, -0.05) is 188 Å². The number of aromatic nitrogens is 4. The summed E-state index contributed by atoms with van der Waals surface area (Å²) in [6, 6.07) is 77.5. The third-order valence-corrected chi connectivity index (χ3v) is 12.0. The molecule has 0 N–H and O–H groups in total. The van der Waals surface area contributed by atoms with Crippen LogP contribution in [-0.4, -0.2) is 19.5 Å². The van der Waals surface area contributed by atoms with Crippen molar-refractivity contribution in [3.63, 3.8) is 0 Å². The maximum absolute atomic E-state index is 5.41. The number of nitrogens with zero attached hydrogens (tertiary/aromatic N) is 4. The van der Waals surface area contributed by atoms with Crippen LogP contribution in [-0.2, 0) is 0 Å². The zero-order valence-electron chi connectivity index (χ0n) is 33.1. The Morgan fingerprint density at radius 1 is 0.279 bits per heavy atom. The van der Waals surface area contributed by atoms with Gasteiger partial charge in [-0.15, -0.1) is 0 Å². The Kier molecular flexibility index (Phi) is 8.13. The van der Waals surface area contributed by atoms with Gasteiger partial charge in [0.1, 0.15) is 0 Å². The van der Waals surface area contributed by atoms with Crippen molar-refractivity contribution < 1.29 is 0 Å². The fourth-order valence-corrected chi connectivity index (χ4v) is 9.28. The SMILES string of the molecule is c1ccc(-c2ccccc2-c2nc(-c3cccc(-n4c5ccccc5c5ccccc54)c3)nc(-c3ccccc3-c3c4ccccc4cc4c3ccc3ccccc34)n2)cc1. The van der Waals surface area contributed by atoms with E-state index in [1.54, 1.807) is 0 Å². The molecule has 12 aromatic rings. The van der Waals surface area contributed by atoms with Gasteiger partial charge in [-0.3, -0.25) is 0 Å². The van der Waals surface area contributed by atoms with Crippen LogP contribution in [0.5, 0.6) is 0 Å². The maximum Gasteiger partial charge on any atom is 0.164 e. The molecule has 12 rings (SSSR count). The average Bonchev–Trinajstić information content (AvgIpc) is 3.68. The molecule has 0 atom stereocenters. The first-order valence-corrected chi connectivity index (χ1v) is 20.7. The van der Waals surface area contributed by atoms with Gasteiger partial charge in [0.2, 0.25) is 0 Å². The number of benzene rings is 10. The van der Waals surface area contributed by atoms with E-state index in [1.165, 1.54) is 43.1 Å². The summed E-state index contributed by atoms with van der Waals surface area (Å²) >= 11 is 0. The average molecular weight is 777 g/mol. The van der Waals surface area contributed by atoms with Crippen LogP contribution in [0.25, 0.3) is 116 Å². The van der Waals surface area contributed by atoms with E-state index in [-0.39, 0.29) is 0 Å². The fourth-order valence-electron chi connectivity index (χ4n) is 9.28. The molecule has 284 valence electrons. The number of para-hydroxylation sites is 2. The molecule has 2 heterocycles. The molecular weight excluding hydrogens is 741 g/mol. The van der Waals surface area contributed by atoms with Crippen molar-refractivity contribution in [1.29, 1.82) is 0 Å². The van der Waals surface area contributed by atoms with Crippen LogP contribution in [0.15, 0.2) is 218 Å². The fraction of sp³-hybridized carbons (Fsp3) is 0. The molecule has 0 bridgehead atoms. The second kappa shape index (κ2) is 14.3. The number of hydrogen-bond acceptors (Lipinski definition) is 3. The quantitative estimate of drug-likeness (QED) is 0.125. The van der Waals surface area contributed by atoms with Crippen molar-refractivity contribution >= 4 is 54.1 Å². The highest BCUT2D eigenvalue weighted by Crippen LogP contribution is 2.43. The van der Waals surface area contributed by atoms with Gasteiger partial charge in [0.15, 0.2) is 17.5 Å². The van der Waals surface area contributed by atoms with Gasteiger partial charge in [-0.2, -0.15) is 0 Å². The predicted octanol–water partition coefficient (Wildman–Crippen LogP) is 14.8. The third kappa shape index (κ3) is 5.80. The van der Waals surface area contributed by atoms with Gasteiger partial charge >= 0.3 is 0 Å². The molecule has 2 aromatic heterocycles. The third-order valence-electron chi connectivity index (χ3n) is 12.0. The standard InChI is InChI=1S/C57H36N4/c1-2-17-37(18-3-1)42-23-8-10-29-49(42)56-58-55(40-21-16-22-41(35-40)61-52-31-14-12-26-45(52)46-27-13-15-32-53(46)61)59-57(60-56)50-30-11-9-28-47(50)54-44-25-7-5-20-39(44)36-51-43-24-6-4-19-38(43)33-34-48(51)54/h1-36H. The van der Waals surface area contributed by atoms with E-state index >= 15 is 0 Å². The molecule has 10 aromatic carbocycles. The summed E-state index contributed by atoms with van der Waals surface area (Å²) in [7, 11) is 0.